The van der Waals surface area contributed by atoms with Crippen LogP contribution >= 0.6 is 0 Å². The molecule has 0 aromatic carbocycles. The minimum atomic E-state index is -0.443. The highest BCUT2D eigenvalue weighted by Crippen LogP contribution is 2.32. The highest BCUT2D eigenvalue weighted by atomic mass is 19.1. The van der Waals surface area contributed by atoms with Crippen LogP contribution in [0.4, 0.5) is 10.3 Å². The molecule has 2 fully saturated rings. The third kappa shape index (κ3) is 3.50. The molecule has 136 valence electrons. The molecular formula is C18H20FN5O2. The summed E-state index contributed by atoms with van der Waals surface area (Å²) in [5.74, 6) is 0.0746. The van der Waals surface area contributed by atoms with Crippen LogP contribution in [0.2, 0.25) is 0 Å². The van der Waals surface area contributed by atoms with E-state index < -0.39 is 5.82 Å². The molecule has 0 saturated carbocycles. The van der Waals surface area contributed by atoms with Crippen molar-refractivity contribution in [2.24, 2.45) is 0 Å². The number of pyridine rings is 1. The van der Waals surface area contributed by atoms with Crippen molar-refractivity contribution in [3.05, 3.63) is 48.3 Å². The molecule has 0 aliphatic carbocycles. The van der Waals surface area contributed by atoms with Gasteiger partial charge in [-0.05, 0) is 25.0 Å². The Kier molecular flexibility index (Phi) is 4.50. The fourth-order valence-electron chi connectivity index (χ4n) is 3.50. The number of hydrogen-bond donors (Lipinski definition) is 0. The summed E-state index contributed by atoms with van der Waals surface area (Å²) in [6.45, 7) is 2.56. The normalized spacial score (nSPS) is 19.8. The minimum Gasteiger partial charge on any atom is -0.363 e. The van der Waals surface area contributed by atoms with Crippen molar-refractivity contribution < 1.29 is 13.9 Å². The predicted octanol–water partition coefficient (Wildman–Crippen LogP) is 1.41. The number of piperidine rings is 1. The van der Waals surface area contributed by atoms with Gasteiger partial charge in [-0.3, -0.25) is 9.78 Å². The second-order valence-corrected chi connectivity index (χ2v) is 6.73. The zero-order chi connectivity index (χ0) is 18.0. The molecule has 26 heavy (non-hydrogen) atoms. The molecule has 1 spiro atoms. The highest BCUT2D eigenvalue weighted by Gasteiger charge is 2.42. The number of anilines is 1. The molecule has 2 aromatic heterocycles. The van der Waals surface area contributed by atoms with Crippen molar-refractivity contribution in [1.82, 2.24) is 19.9 Å². The smallest absolute Gasteiger partial charge is 0.249 e. The summed E-state index contributed by atoms with van der Waals surface area (Å²) >= 11 is 0. The van der Waals surface area contributed by atoms with Crippen molar-refractivity contribution in [2.75, 3.05) is 31.1 Å². The lowest BCUT2D eigenvalue weighted by atomic mass is 9.89. The number of morpholine rings is 1. The van der Waals surface area contributed by atoms with Gasteiger partial charge in [-0.1, -0.05) is 6.07 Å². The van der Waals surface area contributed by atoms with E-state index in [2.05, 4.69) is 15.0 Å². The van der Waals surface area contributed by atoms with Crippen molar-refractivity contribution in [2.45, 2.75) is 25.0 Å². The van der Waals surface area contributed by atoms with Crippen molar-refractivity contribution >= 4 is 11.9 Å². The van der Waals surface area contributed by atoms with Crippen LogP contribution in [-0.4, -0.2) is 57.6 Å². The van der Waals surface area contributed by atoms with Crippen LogP contribution in [0.5, 0.6) is 0 Å². The Morgan fingerprint density at radius 1 is 1.15 bits per heavy atom. The van der Waals surface area contributed by atoms with Crippen molar-refractivity contribution in [1.29, 1.82) is 0 Å². The Bertz CT molecular complexity index is 763. The first kappa shape index (κ1) is 16.8. The topological polar surface area (TPSA) is 71.5 Å². The number of amides is 1. The standard InChI is InChI=1S/C18H20FN5O2/c19-14-9-21-17(22-10-14)23-7-4-18(5-8-23)13-24(16(25)12-26-18)11-15-3-1-2-6-20-15/h1-3,6,9-10H,4-5,7-8,11-13H2. The van der Waals surface area contributed by atoms with Gasteiger partial charge in [0, 0.05) is 19.3 Å². The molecule has 4 heterocycles. The van der Waals surface area contributed by atoms with Gasteiger partial charge in [0.2, 0.25) is 11.9 Å². The summed E-state index contributed by atoms with van der Waals surface area (Å²) in [5.41, 5.74) is 0.522. The molecule has 7 nitrogen and oxygen atoms in total. The van der Waals surface area contributed by atoms with Gasteiger partial charge in [0.05, 0.1) is 36.8 Å². The lowest BCUT2D eigenvalue weighted by Gasteiger charge is -2.46. The number of hydrogen-bond acceptors (Lipinski definition) is 6. The number of aromatic nitrogens is 3. The molecule has 0 N–H and O–H groups in total. The van der Waals surface area contributed by atoms with E-state index in [0.29, 0.717) is 32.1 Å². The monoisotopic (exact) mass is 357 g/mol. The molecular weight excluding hydrogens is 337 g/mol. The number of nitrogens with zero attached hydrogens (tertiary/aromatic N) is 5. The van der Waals surface area contributed by atoms with Crippen LogP contribution in [0.15, 0.2) is 36.8 Å². The van der Waals surface area contributed by atoms with Crippen LogP contribution in [-0.2, 0) is 16.1 Å². The molecule has 2 aliphatic heterocycles. The SMILES string of the molecule is O=C1COC2(CCN(c3ncc(F)cn3)CC2)CN1Cc1ccccn1. The molecule has 8 heteroatoms. The first-order chi connectivity index (χ1) is 12.6. The molecule has 0 radical (unpaired) electrons. The van der Waals surface area contributed by atoms with Crippen molar-refractivity contribution in [3.63, 3.8) is 0 Å². The summed E-state index contributed by atoms with van der Waals surface area (Å²) in [5, 5.41) is 0. The maximum Gasteiger partial charge on any atom is 0.249 e. The second kappa shape index (κ2) is 6.95. The first-order valence-corrected chi connectivity index (χ1v) is 8.68. The van der Waals surface area contributed by atoms with Crippen molar-refractivity contribution in [3.8, 4) is 0 Å². The van der Waals surface area contributed by atoms with E-state index in [4.69, 9.17) is 4.74 Å². The largest absolute Gasteiger partial charge is 0.363 e. The third-order valence-electron chi connectivity index (χ3n) is 4.98. The zero-order valence-corrected chi connectivity index (χ0v) is 14.3. The van der Waals surface area contributed by atoms with Crippen LogP contribution in [0.1, 0.15) is 18.5 Å². The Balaban J connectivity index is 1.41. The Labute approximate surface area is 150 Å². The Morgan fingerprint density at radius 3 is 2.62 bits per heavy atom. The van der Waals surface area contributed by atoms with Gasteiger partial charge in [0.25, 0.3) is 0 Å². The zero-order valence-electron chi connectivity index (χ0n) is 14.3. The molecule has 2 saturated heterocycles. The van der Waals surface area contributed by atoms with Gasteiger partial charge in [-0.25, -0.2) is 14.4 Å². The second-order valence-electron chi connectivity index (χ2n) is 6.73. The van der Waals surface area contributed by atoms with E-state index in [0.717, 1.165) is 18.5 Å². The van der Waals surface area contributed by atoms with E-state index >= 15 is 0 Å². The van der Waals surface area contributed by atoms with Gasteiger partial charge in [-0.15, -0.1) is 0 Å². The number of carbonyl (C=O) groups excluding carboxylic acids is 1. The maximum atomic E-state index is 13.0. The van der Waals surface area contributed by atoms with E-state index in [-0.39, 0.29) is 18.1 Å². The van der Waals surface area contributed by atoms with E-state index in [1.54, 1.807) is 6.20 Å². The van der Waals surface area contributed by atoms with E-state index in [9.17, 15) is 9.18 Å². The quantitative estimate of drug-likeness (QED) is 0.827. The lowest BCUT2D eigenvalue weighted by molar-refractivity contribution is -0.168. The summed E-state index contributed by atoms with van der Waals surface area (Å²) in [7, 11) is 0. The maximum absolute atomic E-state index is 13.0. The average Bonchev–Trinajstić information content (AvgIpc) is 2.67. The summed E-state index contributed by atoms with van der Waals surface area (Å²) in [6, 6.07) is 5.70. The first-order valence-electron chi connectivity index (χ1n) is 8.68. The van der Waals surface area contributed by atoms with Crippen LogP contribution < -0.4 is 4.90 Å². The van der Waals surface area contributed by atoms with Gasteiger partial charge in [0.1, 0.15) is 6.61 Å². The Morgan fingerprint density at radius 2 is 1.92 bits per heavy atom. The van der Waals surface area contributed by atoms with Gasteiger partial charge in [-0.2, -0.15) is 0 Å². The molecule has 0 bridgehead atoms. The molecule has 2 aromatic rings. The molecule has 4 rings (SSSR count). The summed E-state index contributed by atoms with van der Waals surface area (Å²) in [4.78, 5) is 28.5. The number of ether oxygens (including phenoxy) is 1. The van der Waals surface area contributed by atoms with Gasteiger partial charge >= 0.3 is 0 Å². The highest BCUT2D eigenvalue weighted by molar-refractivity contribution is 5.78. The fraction of sp³-hybridized carbons (Fsp3) is 0.444. The summed E-state index contributed by atoms with van der Waals surface area (Å²) in [6.07, 6.45) is 5.62. The Hall–Kier alpha value is -2.61. The average molecular weight is 357 g/mol. The fourth-order valence-corrected chi connectivity index (χ4v) is 3.50. The minimum absolute atomic E-state index is 0.00873. The van der Waals surface area contributed by atoms with E-state index in [1.165, 1.54) is 12.4 Å². The van der Waals surface area contributed by atoms with Crippen LogP contribution in [0.3, 0.4) is 0 Å². The van der Waals surface area contributed by atoms with E-state index in [1.807, 2.05) is 28.0 Å². The van der Waals surface area contributed by atoms with Crippen LogP contribution in [0.25, 0.3) is 0 Å². The molecule has 1 amide bonds. The number of carbonyl (C=O) groups is 1. The summed E-state index contributed by atoms with van der Waals surface area (Å²) < 4.78 is 18.9. The number of halogens is 1. The number of rotatable bonds is 3. The molecule has 0 atom stereocenters. The van der Waals surface area contributed by atoms with Gasteiger partial charge in [0.15, 0.2) is 5.82 Å². The molecule has 2 aliphatic rings. The van der Waals surface area contributed by atoms with Gasteiger partial charge < -0.3 is 14.5 Å². The third-order valence-corrected chi connectivity index (χ3v) is 4.98. The van der Waals surface area contributed by atoms with Crippen LogP contribution in [0, 0.1) is 5.82 Å². The lowest BCUT2D eigenvalue weighted by Crippen LogP contribution is -2.58. The molecule has 0 unspecified atom stereocenters. The predicted molar refractivity (Wildman–Crippen MR) is 91.8 cm³/mol.